The highest BCUT2D eigenvalue weighted by molar-refractivity contribution is 8.13. The summed E-state index contributed by atoms with van der Waals surface area (Å²) in [6, 6.07) is 7.51. The van der Waals surface area contributed by atoms with Crippen LogP contribution in [0.4, 0.5) is 0 Å². The van der Waals surface area contributed by atoms with Crippen molar-refractivity contribution in [2.75, 3.05) is 7.11 Å². The minimum Gasteiger partial charge on any atom is -0.497 e. The molecule has 1 aromatic rings. The maximum Gasteiger partial charge on any atom is 0.198 e. The third-order valence-corrected chi connectivity index (χ3v) is 3.19. The van der Waals surface area contributed by atoms with Crippen LogP contribution < -0.4 is 4.74 Å². The van der Waals surface area contributed by atoms with Gasteiger partial charge in [-0.05, 0) is 24.3 Å². The van der Waals surface area contributed by atoms with Gasteiger partial charge in [-0.1, -0.05) is 32.5 Å². The van der Waals surface area contributed by atoms with E-state index >= 15 is 0 Å². The molecular formula is C12H16O2S. The molecule has 0 aliphatic carbocycles. The Hall–Kier alpha value is -0.960. The highest BCUT2D eigenvalue weighted by atomic mass is 32.2. The molecule has 0 saturated heterocycles. The van der Waals surface area contributed by atoms with E-state index in [1.54, 1.807) is 7.11 Å². The molecule has 15 heavy (non-hydrogen) atoms. The van der Waals surface area contributed by atoms with Gasteiger partial charge in [0.15, 0.2) is 5.12 Å². The lowest BCUT2D eigenvalue weighted by atomic mass is 10.00. The van der Waals surface area contributed by atoms with Crippen molar-refractivity contribution in [2.24, 2.45) is 5.41 Å². The molecule has 0 N–H and O–H groups in total. The fraction of sp³-hybridized carbons (Fsp3) is 0.417. The van der Waals surface area contributed by atoms with Crippen LogP contribution in [-0.4, -0.2) is 12.2 Å². The molecule has 0 fully saturated rings. The Labute approximate surface area is 95.0 Å². The fourth-order valence-corrected chi connectivity index (χ4v) is 1.70. The molecule has 0 saturated carbocycles. The van der Waals surface area contributed by atoms with Crippen molar-refractivity contribution >= 4 is 16.9 Å². The van der Waals surface area contributed by atoms with E-state index in [0.29, 0.717) is 0 Å². The van der Waals surface area contributed by atoms with E-state index in [4.69, 9.17) is 4.74 Å². The van der Waals surface area contributed by atoms with Crippen LogP contribution in [0.3, 0.4) is 0 Å². The number of carbonyl (C=O) groups excluding carboxylic acids is 1. The first-order chi connectivity index (χ1) is 6.93. The number of methoxy groups -OCH3 is 1. The number of ether oxygens (including phenoxy) is 1. The fourth-order valence-electron chi connectivity index (χ4n) is 0.904. The van der Waals surface area contributed by atoms with Crippen LogP contribution in [0.2, 0.25) is 0 Å². The third kappa shape index (κ3) is 3.59. The standard InChI is InChI=1S/C12H16O2S/c1-12(2,3)11(13)15-10-7-5-9(14-4)6-8-10/h5-8H,1-4H3. The van der Waals surface area contributed by atoms with E-state index in [0.717, 1.165) is 10.6 Å². The maximum atomic E-state index is 11.7. The summed E-state index contributed by atoms with van der Waals surface area (Å²) in [6.45, 7) is 5.77. The lowest BCUT2D eigenvalue weighted by Gasteiger charge is -2.15. The quantitative estimate of drug-likeness (QED) is 0.720. The van der Waals surface area contributed by atoms with Gasteiger partial charge >= 0.3 is 0 Å². The normalized spacial score (nSPS) is 11.2. The van der Waals surface area contributed by atoms with Crippen molar-refractivity contribution in [3.63, 3.8) is 0 Å². The predicted molar refractivity (Wildman–Crippen MR) is 63.3 cm³/mol. The van der Waals surface area contributed by atoms with Crippen LogP contribution in [0.5, 0.6) is 5.75 Å². The van der Waals surface area contributed by atoms with Crippen LogP contribution in [0, 0.1) is 5.41 Å². The minimum absolute atomic E-state index is 0.174. The highest BCUT2D eigenvalue weighted by Gasteiger charge is 2.22. The average molecular weight is 224 g/mol. The zero-order valence-corrected chi connectivity index (χ0v) is 10.4. The maximum absolute atomic E-state index is 11.7. The zero-order valence-electron chi connectivity index (χ0n) is 9.53. The summed E-state index contributed by atoms with van der Waals surface area (Å²) < 4.78 is 5.05. The Morgan fingerprint density at radius 3 is 2.13 bits per heavy atom. The molecule has 2 nitrogen and oxygen atoms in total. The van der Waals surface area contributed by atoms with Crippen LogP contribution in [-0.2, 0) is 4.79 Å². The van der Waals surface area contributed by atoms with Gasteiger partial charge in [0, 0.05) is 10.3 Å². The molecule has 0 bridgehead atoms. The second-order valence-electron chi connectivity index (χ2n) is 4.32. The first kappa shape index (κ1) is 12.1. The second kappa shape index (κ2) is 4.71. The highest BCUT2D eigenvalue weighted by Crippen LogP contribution is 2.29. The summed E-state index contributed by atoms with van der Waals surface area (Å²) >= 11 is 1.28. The third-order valence-electron chi connectivity index (χ3n) is 1.88. The summed E-state index contributed by atoms with van der Waals surface area (Å²) in [4.78, 5) is 12.7. The summed E-state index contributed by atoms with van der Waals surface area (Å²) in [5.41, 5.74) is -0.301. The molecular weight excluding hydrogens is 208 g/mol. The number of hydrogen-bond donors (Lipinski definition) is 0. The Bertz CT molecular complexity index is 336. The lowest BCUT2D eigenvalue weighted by molar-refractivity contribution is -0.117. The van der Waals surface area contributed by atoms with Gasteiger partial charge in [-0.25, -0.2) is 0 Å². The van der Waals surface area contributed by atoms with Gasteiger partial charge in [0.25, 0.3) is 0 Å². The lowest BCUT2D eigenvalue weighted by Crippen LogP contribution is -2.16. The van der Waals surface area contributed by atoms with Crippen LogP contribution in [0.25, 0.3) is 0 Å². The molecule has 3 heteroatoms. The van der Waals surface area contributed by atoms with Gasteiger partial charge < -0.3 is 4.74 Å². The molecule has 0 radical (unpaired) electrons. The number of carbonyl (C=O) groups is 1. The number of benzene rings is 1. The zero-order chi connectivity index (χ0) is 11.5. The first-order valence-electron chi connectivity index (χ1n) is 4.80. The Balaban J connectivity index is 2.70. The van der Waals surface area contributed by atoms with Gasteiger partial charge in [-0.3, -0.25) is 4.79 Å². The van der Waals surface area contributed by atoms with Crippen molar-refractivity contribution in [2.45, 2.75) is 25.7 Å². The SMILES string of the molecule is COc1ccc(SC(=O)C(C)(C)C)cc1. The monoisotopic (exact) mass is 224 g/mol. The largest absolute Gasteiger partial charge is 0.497 e. The van der Waals surface area contributed by atoms with Crippen LogP contribution in [0.1, 0.15) is 20.8 Å². The number of rotatable bonds is 2. The molecule has 0 unspecified atom stereocenters. The molecule has 0 aliphatic heterocycles. The van der Waals surface area contributed by atoms with E-state index < -0.39 is 0 Å². The first-order valence-corrected chi connectivity index (χ1v) is 5.61. The van der Waals surface area contributed by atoms with Crippen LogP contribution >= 0.6 is 11.8 Å². The van der Waals surface area contributed by atoms with E-state index in [-0.39, 0.29) is 10.5 Å². The van der Waals surface area contributed by atoms with Crippen molar-refractivity contribution in [3.05, 3.63) is 24.3 Å². The molecule has 0 aromatic heterocycles. The summed E-state index contributed by atoms with van der Waals surface area (Å²) in [6.07, 6.45) is 0. The van der Waals surface area contributed by atoms with E-state index in [1.165, 1.54) is 11.8 Å². The second-order valence-corrected chi connectivity index (χ2v) is 5.36. The molecule has 0 atom stereocenters. The van der Waals surface area contributed by atoms with Crippen molar-refractivity contribution < 1.29 is 9.53 Å². The Morgan fingerprint density at radius 2 is 1.73 bits per heavy atom. The smallest absolute Gasteiger partial charge is 0.198 e. The van der Waals surface area contributed by atoms with Crippen LogP contribution in [0.15, 0.2) is 29.2 Å². The molecule has 0 heterocycles. The Kier molecular flexibility index (Phi) is 3.80. The molecule has 0 amide bonds. The molecule has 0 spiro atoms. The summed E-state index contributed by atoms with van der Waals surface area (Å²) in [7, 11) is 1.63. The van der Waals surface area contributed by atoms with Gasteiger partial charge in [-0.2, -0.15) is 0 Å². The van der Waals surface area contributed by atoms with Gasteiger partial charge in [0.1, 0.15) is 5.75 Å². The van der Waals surface area contributed by atoms with E-state index in [2.05, 4.69) is 0 Å². The molecule has 1 aromatic carbocycles. The summed E-state index contributed by atoms with van der Waals surface area (Å²) in [5.74, 6) is 0.808. The minimum atomic E-state index is -0.301. The average Bonchev–Trinajstić information content (AvgIpc) is 2.17. The Morgan fingerprint density at radius 1 is 1.20 bits per heavy atom. The topological polar surface area (TPSA) is 26.3 Å². The van der Waals surface area contributed by atoms with Crippen molar-refractivity contribution in [1.29, 1.82) is 0 Å². The summed E-state index contributed by atoms with van der Waals surface area (Å²) in [5, 5.41) is 0.174. The number of hydrogen-bond acceptors (Lipinski definition) is 3. The molecule has 1 rings (SSSR count). The van der Waals surface area contributed by atoms with Crippen molar-refractivity contribution in [1.82, 2.24) is 0 Å². The van der Waals surface area contributed by atoms with Gasteiger partial charge in [0.05, 0.1) is 7.11 Å². The van der Waals surface area contributed by atoms with Crippen molar-refractivity contribution in [3.8, 4) is 5.75 Å². The van der Waals surface area contributed by atoms with Gasteiger partial charge in [0.2, 0.25) is 0 Å². The molecule has 82 valence electrons. The number of thioether (sulfide) groups is 1. The van der Waals surface area contributed by atoms with E-state index in [1.807, 2.05) is 45.0 Å². The van der Waals surface area contributed by atoms with E-state index in [9.17, 15) is 4.79 Å². The predicted octanol–water partition coefficient (Wildman–Crippen LogP) is 3.36. The van der Waals surface area contributed by atoms with Gasteiger partial charge in [-0.15, -0.1) is 0 Å². The molecule has 0 aliphatic rings.